The molecular formula is C16H15BrO4. The Balaban J connectivity index is 1.81. The smallest absolute Gasteiger partial charge is 0.344 e. The molecule has 2 aromatic rings. The number of esters is 1. The van der Waals surface area contributed by atoms with E-state index >= 15 is 0 Å². The standard InChI is InChI=1S/C16H15BrO4/c1-19-14-4-2-3-5-15(14)20-11-16(18)21-10-12-6-8-13(17)9-7-12/h2-9H,10-11H2,1H3. The summed E-state index contributed by atoms with van der Waals surface area (Å²) >= 11 is 3.35. The van der Waals surface area contributed by atoms with Crippen molar-refractivity contribution in [3.63, 3.8) is 0 Å². The van der Waals surface area contributed by atoms with Crippen LogP contribution in [-0.2, 0) is 16.1 Å². The number of carbonyl (C=O) groups is 1. The van der Waals surface area contributed by atoms with Crippen LogP contribution >= 0.6 is 15.9 Å². The highest BCUT2D eigenvalue weighted by Crippen LogP contribution is 2.25. The summed E-state index contributed by atoms with van der Waals surface area (Å²) in [6.45, 7) is 0.0678. The van der Waals surface area contributed by atoms with Gasteiger partial charge in [-0.2, -0.15) is 0 Å². The van der Waals surface area contributed by atoms with E-state index in [4.69, 9.17) is 14.2 Å². The average Bonchev–Trinajstić information content (AvgIpc) is 2.52. The van der Waals surface area contributed by atoms with Crippen molar-refractivity contribution >= 4 is 21.9 Å². The third-order valence-electron chi connectivity index (χ3n) is 2.73. The first-order valence-electron chi connectivity index (χ1n) is 6.35. The van der Waals surface area contributed by atoms with E-state index in [0.29, 0.717) is 11.5 Å². The molecule has 0 bridgehead atoms. The lowest BCUT2D eigenvalue weighted by molar-refractivity contribution is -0.147. The fourth-order valence-electron chi connectivity index (χ4n) is 1.66. The Bertz CT molecular complexity index is 595. The maximum absolute atomic E-state index is 11.7. The number of ether oxygens (including phenoxy) is 3. The number of methoxy groups -OCH3 is 1. The van der Waals surface area contributed by atoms with E-state index in [-0.39, 0.29) is 13.2 Å². The summed E-state index contributed by atoms with van der Waals surface area (Å²) in [5.74, 6) is 0.669. The largest absolute Gasteiger partial charge is 0.493 e. The van der Waals surface area contributed by atoms with Gasteiger partial charge in [0.25, 0.3) is 0 Å². The summed E-state index contributed by atoms with van der Waals surface area (Å²) in [5.41, 5.74) is 0.920. The Morgan fingerprint density at radius 3 is 2.38 bits per heavy atom. The molecule has 0 aromatic heterocycles. The molecule has 5 heteroatoms. The fourth-order valence-corrected chi connectivity index (χ4v) is 1.93. The maximum Gasteiger partial charge on any atom is 0.344 e. The topological polar surface area (TPSA) is 44.8 Å². The Hall–Kier alpha value is -2.01. The van der Waals surface area contributed by atoms with E-state index in [2.05, 4.69) is 15.9 Å². The number of para-hydroxylation sites is 2. The molecule has 0 aliphatic carbocycles. The van der Waals surface area contributed by atoms with Gasteiger partial charge >= 0.3 is 5.97 Å². The van der Waals surface area contributed by atoms with Gasteiger partial charge in [0, 0.05) is 4.47 Å². The van der Waals surface area contributed by atoms with Crippen LogP contribution in [0.25, 0.3) is 0 Å². The zero-order valence-corrected chi connectivity index (χ0v) is 13.1. The first-order valence-corrected chi connectivity index (χ1v) is 7.14. The van der Waals surface area contributed by atoms with Crippen molar-refractivity contribution in [3.8, 4) is 11.5 Å². The minimum absolute atomic E-state index is 0.156. The quantitative estimate of drug-likeness (QED) is 0.747. The molecule has 0 unspecified atom stereocenters. The average molecular weight is 351 g/mol. The molecule has 0 saturated heterocycles. The molecule has 21 heavy (non-hydrogen) atoms. The van der Waals surface area contributed by atoms with Gasteiger partial charge in [0.05, 0.1) is 7.11 Å². The molecule has 0 saturated carbocycles. The highest BCUT2D eigenvalue weighted by atomic mass is 79.9. The van der Waals surface area contributed by atoms with Crippen LogP contribution in [0, 0.1) is 0 Å². The van der Waals surface area contributed by atoms with Crippen LogP contribution in [0.3, 0.4) is 0 Å². The predicted octanol–water partition coefficient (Wildman–Crippen LogP) is 3.58. The van der Waals surface area contributed by atoms with E-state index in [0.717, 1.165) is 10.0 Å². The molecule has 2 rings (SSSR count). The van der Waals surface area contributed by atoms with Crippen molar-refractivity contribution < 1.29 is 19.0 Å². The number of carbonyl (C=O) groups excluding carboxylic acids is 1. The lowest BCUT2D eigenvalue weighted by Gasteiger charge is -2.10. The molecule has 110 valence electrons. The van der Waals surface area contributed by atoms with E-state index in [1.807, 2.05) is 36.4 Å². The van der Waals surface area contributed by atoms with E-state index in [1.165, 1.54) is 0 Å². The van der Waals surface area contributed by atoms with Crippen LogP contribution in [0.2, 0.25) is 0 Å². The van der Waals surface area contributed by atoms with Crippen molar-refractivity contribution in [2.75, 3.05) is 13.7 Å². The Morgan fingerprint density at radius 2 is 1.71 bits per heavy atom. The lowest BCUT2D eigenvalue weighted by atomic mass is 10.2. The summed E-state index contributed by atoms with van der Waals surface area (Å²) in [5, 5.41) is 0. The van der Waals surface area contributed by atoms with Crippen molar-refractivity contribution in [1.82, 2.24) is 0 Å². The van der Waals surface area contributed by atoms with Gasteiger partial charge in [-0.3, -0.25) is 0 Å². The fraction of sp³-hybridized carbons (Fsp3) is 0.188. The molecule has 0 aliphatic rings. The number of benzene rings is 2. The van der Waals surface area contributed by atoms with Crippen LogP contribution in [-0.4, -0.2) is 19.7 Å². The Labute approximate surface area is 131 Å². The van der Waals surface area contributed by atoms with E-state index in [9.17, 15) is 4.79 Å². The highest BCUT2D eigenvalue weighted by molar-refractivity contribution is 9.10. The summed E-state index contributed by atoms with van der Waals surface area (Å²) in [6, 6.07) is 14.7. The van der Waals surface area contributed by atoms with Gasteiger partial charge in [-0.05, 0) is 29.8 Å². The third-order valence-corrected chi connectivity index (χ3v) is 3.26. The van der Waals surface area contributed by atoms with E-state index < -0.39 is 5.97 Å². The Kier molecular flexibility index (Phi) is 5.63. The SMILES string of the molecule is COc1ccccc1OCC(=O)OCc1ccc(Br)cc1. The molecular weight excluding hydrogens is 336 g/mol. The summed E-state index contributed by atoms with van der Waals surface area (Å²) in [7, 11) is 1.55. The summed E-state index contributed by atoms with van der Waals surface area (Å²) in [6.07, 6.45) is 0. The van der Waals surface area contributed by atoms with Gasteiger partial charge in [0.1, 0.15) is 6.61 Å². The van der Waals surface area contributed by atoms with E-state index in [1.54, 1.807) is 19.2 Å². The molecule has 0 radical (unpaired) electrons. The summed E-state index contributed by atoms with van der Waals surface area (Å²) in [4.78, 5) is 11.7. The van der Waals surface area contributed by atoms with Gasteiger partial charge < -0.3 is 14.2 Å². The normalized spacial score (nSPS) is 10.0. The van der Waals surface area contributed by atoms with Gasteiger partial charge in [-0.15, -0.1) is 0 Å². The second-order valence-corrected chi connectivity index (χ2v) is 5.14. The predicted molar refractivity (Wildman–Crippen MR) is 82.4 cm³/mol. The van der Waals surface area contributed by atoms with Crippen LogP contribution in [0.5, 0.6) is 11.5 Å². The zero-order chi connectivity index (χ0) is 15.1. The van der Waals surface area contributed by atoms with Gasteiger partial charge in [0.2, 0.25) is 0 Å². The molecule has 4 nitrogen and oxygen atoms in total. The first-order chi connectivity index (χ1) is 10.2. The lowest BCUT2D eigenvalue weighted by Crippen LogP contribution is -2.15. The molecule has 2 aromatic carbocycles. The van der Waals surface area contributed by atoms with Crippen molar-refractivity contribution in [3.05, 3.63) is 58.6 Å². The summed E-state index contributed by atoms with van der Waals surface area (Å²) < 4.78 is 16.7. The molecule has 0 atom stereocenters. The zero-order valence-electron chi connectivity index (χ0n) is 11.5. The van der Waals surface area contributed by atoms with Crippen molar-refractivity contribution in [1.29, 1.82) is 0 Å². The first kappa shape index (κ1) is 15.4. The van der Waals surface area contributed by atoms with Crippen LogP contribution in [0.1, 0.15) is 5.56 Å². The van der Waals surface area contributed by atoms with Gasteiger partial charge in [-0.1, -0.05) is 40.2 Å². The molecule has 0 fully saturated rings. The molecule has 0 spiro atoms. The minimum atomic E-state index is -0.427. The minimum Gasteiger partial charge on any atom is -0.493 e. The van der Waals surface area contributed by atoms with Crippen molar-refractivity contribution in [2.24, 2.45) is 0 Å². The number of hydrogen-bond donors (Lipinski definition) is 0. The molecule has 0 aliphatic heterocycles. The number of hydrogen-bond acceptors (Lipinski definition) is 4. The second kappa shape index (κ2) is 7.69. The number of rotatable bonds is 6. The molecule has 0 heterocycles. The number of halogens is 1. The molecule has 0 amide bonds. The van der Waals surface area contributed by atoms with Crippen LogP contribution in [0.15, 0.2) is 53.0 Å². The maximum atomic E-state index is 11.7. The van der Waals surface area contributed by atoms with Crippen LogP contribution < -0.4 is 9.47 Å². The second-order valence-electron chi connectivity index (χ2n) is 4.23. The van der Waals surface area contributed by atoms with Gasteiger partial charge in [-0.25, -0.2) is 4.79 Å². The van der Waals surface area contributed by atoms with Crippen molar-refractivity contribution in [2.45, 2.75) is 6.61 Å². The monoisotopic (exact) mass is 350 g/mol. The Morgan fingerprint density at radius 1 is 1.05 bits per heavy atom. The molecule has 0 N–H and O–H groups in total. The van der Waals surface area contributed by atoms with Gasteiger partial charge in [0.15, 0.2) is 18.1 Å². The van der Waals surface area contributed by atoms with Crippen LogP contribution in [0.4, 0.5) is 0 Å². The highest BCUT2D eigenvalue weighted by Gasteiger charge is 2.08. The third kappa shape index (κ3) is 4.79.